The molecule has 3 nitrogen and oxygen atoms in total. The molecule has 1 atom stereocenters. The second-order valence-electron chi connectivity index (χ2n) is 4.17. The molecule has 94 valence electrons. The molecule has 0 saturated heterocycles. The molecule has 3 heteroatoms. The molecule has 0 saturated carbocycles. The normalized spacial score (nSPS) is 12.1. The van der Waals surface area contributed by atoms with Gasteiger partial charge in [-0.05, 0) is 48.7 Å². The van der Waals surface area contributed by atoms with Crippen molar-refractivity contribution < 1.29 is 4.74 Å². The van der Waals surface area contributed by atoms with E-state index in [0.717, 1.165) is 17.7 Å². The Morgan fingerprint density at radius 2 is 2.00 bits per heavy atom. The van der Waals surface area contributed by atoms with Crippen LogP contribution in [0.5, 0.6) is 5.75 Å². The van der Waals surface area contributed by atoms with Crippen LogP contribution in [0, 0.1) is 0 Å². The maximum Gasteiger partial charge on any atom is 0.119 e. The minimum Gasteiger partial charge on any atom is -0.494 e. The zero-order valence-corrected chi connectivity index (χ0v) is 10.5. The molecule has 0 radical (unpaired) electrons. The second-order valence-corrected chi connectivity index (χ2v) is 4.17. The van der Waals surface area contributed by atoms with Crippen molar-refractivity contribution in [3.05, 3.63) is 59.9 Å². The quantitative estimate of drug-likeness (QED) is 0.877. The van der Waals surface area contributed by atoms with Crippen molar-refractivity contribution in [3.63, 3.8) is 0 Å². The van der Waals surface area contributed by atoms with Gasteiger partial charge in [-0.2, -0.15) is 0 Å². The molecule has 0 amide bonds. The summed E-state index contributed by atoms with van der Waals surface area (Å²) in [5, 5.41) is 0. The zero-order chi connectivity index (χ0) is 12.8. The SMILES string of the molecule is CCOc1cccc(C(N)Cc2ccncc2)c1. The van der Waals surface area contributed by atoms with Gasteiger partial charge in [0, 0.05) is 18.4 Å². The largest absolute Gasteiger partial charge is 0.494 e. The van der Waals surface area contributed by atoms with Gasteiger partial charge in [0.1, 0.15) is 5.75 Å². The Balaban J connectivity index is 2.08. The molecule has 0 aliphatic rings. The lowest BCUT2D eigenvalue weighted by molar-refractivity contribution is 0.339. The summed E-state index contributed by atoms with van der Waals surface area (Å²) in [6.45, 7) is 2.65. The van der Waals surface area contributed by atoms with E-state index in [1.54, 1.807) is 12.4 Å². The lowest BCUT2D eigenvalue weighted by Gasteiger charge is -2.13. The number of aromatic nitrogens is 1. The summed E-state index contributed by atoms with van der Waals surface area (Å²) in [6, 6.07) is 11.9. The second kappa shape index (κ2) is 6.17. The number of nitrogens with two attached hydrogens (primary N) is 1. The van der Waals surface area contributed by atoms with Crippen LogP contribution < -0.4 is 10.5 Å². The maximum atomic E-state index is 6.22. The molecule has 2 aromatic rings. The summed E-state index contributed by atoms with van der Waals surface area (Å²) >= 11 is 0. The van der Waals surface area contributed by atoms with Crippen molar-refractivity contribution in [1.29, 1.82) is 0 Å². The van der Waals surface area contributed by atoms with Crippen molar-refractivity contribution in [2.75, 3.05) is 6.61 Å². The van der Waals surface area contributed by atoms with E-state index in [1.165, 1.54) is 5.56 Å². The first-order valence-corrected chi connectivity index (χ1v) is 6.17. The zero-order valence-electron chi connectivity index (χ0n) is 10.5. The van der Waals surface area contributed by atoms with Crippen LogP contribution in [-0.4, -0.2) is 11.6 Å². The Morgan fingerprint density at radius 3 is 2.72 bits per heavy atom. The lowest BCUT2D eigenvalue weighted by atomic mass is 10.0. The Kier molecular flexibility index (Phi) is 4.31. The molecular formula is C15H18N2O. The summed E-state index contributed by atoms with van der Waals surface area (Å²) in [7, 11) is 0. The number of benzene rings is 1. The third kappa shape index (κ3) is 3.31. The standard InChI is InChI=1S/C15H18N2O/c1-2-18-14-5-3-4-13(11-14)15(16)10-12-6-8-17-9-7-12/h3-9,11,15H,2,10,16H2,1H3. The van der Waals surface area contributed by atoms with Crippen LogP contribution in [0.1, 0.15) is 24.1 Å². The predicted molar refractivity (Wildman–Crippen MR) is 72.5 cm³/mol. The molecule has 18 heavy (non-hydrogen) atoms. The molecule has 1 unspecified atom stereocenters. The fraction of sp³-hybridized carbons (Fsp3) is 0.267. The van der Waals surface area contributed by atoms with E-state index < -0.39 is 0 Å². The van der Waals surface area contributed by atoms with Crippen molar-refractivity contribution >= 4 is 0 Å². The van der Waals surface area contributed by atoms with Crippen LogP contribution in [0.4, 0.5) is 0 Å². The topological polar surface area (TPSA) is 48.1 Å². The predicted octanol–water partition coefficient (Wildman–Crippen LogP) is 2.72. The molecular weight excluding hydrogens is 224 g/mol. The third-order valence-corrected chi connectivity index (χ3v) is 2.80. The molecule has 0 fully saturated rings. The van der Waals surface area contributed by atoms with Crippen molar-refractivity contribution in [3.8, 4) is 5.75 Å². The number of rotatable bonds is 5. The van der Waals surface area contributed by atoms with E-state index in [1.807, 2.05) is 43.3 Å². The van der Waals surface area contributed by atoms with E-state index in [2.05, 4.69) is 4.98 Å². The van der Waals surface area contributed by atoms with E-state index in [9.17, 15) is 0 Å². The highest BCUT2D eigenvalue weighted by Crippen LogP contribution is 2.20. The molecule has 1 aromatic carbocycles. The van der Waals surface area contributed by atoms with Gasteiger partial charge in [-0.15, -0.1) is 0 Å². The molecule has 0 spiro atoms. The number of hydrogen-bond donors (Lipinski definition) is 1. The van der Waals surface area contributed by atoms with Crippen LogP contribution in [0.3, 0.4) is 0 Å². The van der Waals surface area contributed by atoms with Crippen LogP contribution in [0.15, 0.2) is 48.8 Å². The molecule has 1 heterocycles. The van der Waals surface area contributed by atoms with Crippen LogP contribution in [0.2, 0.25) is 0 Å². The maximum absolute atomic E-state index is 6.22. The van der Waals surface area contributed by atoms with Crippen molar-refractivity contribution in [1.82, 2.24) is 4.98 Å². The van der Waals surface area contributed by atoms with Crippen LogP contribution >= 0.6 is 0 Å². The highest BCUT2D eigenvalue weighted by Gasteiger charge is 2.08. The van der Waals surface area contributed by atoms with Gasteiger partial charge in [-0.1, -0.05) is 12.1 Å². The van der Waals surface area contributed by atoms with Gasteiger partial charge >= 0.3 is 0 Å². The number of nitrogens with zero attached hydrogens (tertiary/aromatic N) is 1. The van der Waals surface area contributed by atoms with Crippen molar-refractivity contribution in [2.24, 2.45) is 5.73 Å². The number of hydrogen-bond acceptors (Lipinski definition) is 3. The van der Waals surface area contributed by atoms with Gasteiger partial charge in [-0.3, -0.25) is 4.98 Å². The van der Waals surface area contributed by atoms with Gasteiger partial charge < -0.3 is 10.5 Å². The average molecular weight is 242 g/mol. The number of ether oxygens (including phenoxy) is 1. The summed E-state index contributed by atoms with van der Waals surface area (Å²) in [5.41, 5.74) is 8.51. The average Bonchev–Trinajstić information content (AvgIpc) is 2.40. The summed E-state index contributed by atoms with van der Waals surface area (Å²) in [5.74, 6) is 0.875. The van der Waals surface area contributed by atoms with Gasteiger partial charge in [0.15, 0.2) is 0 Å². The highest BCUT2D eigenvalue weighted by molar-refractivity contribution is 5.31. The van der Waals surface area contributed by atoms with Gasteiger partial charge in [0.05, 0.1) is 6.61 Å². The van der Waals surface area contributed by atoms with E-state index in [0.29, 0.717) is 6.61 Å². The van der Waals surface area contributed by atoms with Crippen molar-refractivity contribution in [2.45, 2.75) is 19.4 Å². The molecule has 2 N–H and O–H groups in total. The summed E-state index contributed by atoms with van der Waals surface area (Å²) < 4.78 is 5.48. The van der Waals surface area contributed by atoms with Gasteiger partial charge in [-0.25, -0.2) is 0 Å². The molecule has 0 aliphatic heterocycles. The van der Waals surface area contributed by atoms with Gasteiger partial charge in [0.2, 0.25) is 0 Å². The number of pyridine rings is 1. The molecule has 1 aromatic heterocycles. The first kappa shape index (κ1) is 12.6. The Labute approximate surface area is 108 Å². The molecule has 2 rings (SSSR count). The van der Waals surface area contributed by atoms with Crippen LogP contribution in [0.25, 0.3) is 0 Å². The highest BCUT2D eigenvalue weighted by atomic mass is 16.5. The Hall–Kier alpha value is -1.87. The first-order chi connectivity index (χ1) is 8.79. The van der Waals surface area contributed by atoms with E-state index in [4.69, 9.17) is 10.5 Å². The van der Waals surface area contributed by atoms with E-state index in [-0.39, 0.29) is 6.04 Å². The smallest absolute Gasteiger partial charge is 0.119 e. The molecule has 0 bridgehead atoms. The Morgan fingerprint density at radius 1 is 1.22 bits per heavy atom. The lowest BCUT2D eigenvalue weighted by Crippen LogP contribution is -2.13. The Bertz CT molecular complexity index is 485. The fourth-order valence-corrected chi connectivity index (χ4v) is 1.89. The van der Waals surface area contributed by atoms with Crippen LogP contribution in [-0.2, 0) is 6.42 Å². The minimum absolute atomic E-state index is 0.0205. The third-order valence-electron chi connectivity index (χ3n) is 2.80. The minimum atomic E-state index is -0.0205. The first-order valence-electron chi connectivity index (χ1n) is 6.17. The van der Waals surface area contributed by atoms with E-state index >= 15 is 0 Å². The summed E-state index contributed by atoms with van der Waals surface area (Å²) in [4.78, 5) is 4.00. The fourth-order valence-electron chi connectivity index (χ4n) is 1.89. The molecule has 0 aliphatic carbocycles. The summed E-state index contributed by atoms with van der Waals surface area (Å²) in [6.07, 6.45) is 4.38. The monoisotopic (exact) mass is 242 g/mol. The van der Waals surface area contributed by atoms with Gasteiger partial charge in [0.25, 0.3) is 0 Å².